The van der Waals surface area contributed by atoms with Gasteiger partial charge in [0.1, 0.15) is 18.4 Å². The second kappa shape index (κ2) is 12.5. The summed E-state index contributed by atoms with van der Waals surface area (Å²) in [6.45, 7) is 9.14. The van der Waals surface area contributed by atoms with Gasteiger partial charge in [-0.3, -0.25) is 9.80 Å². The molecular formula is C33H41N3O8. The lowest BCUT2D eigenvalue weighted by Gasteiger charge is -2.59. The van der Waals surface area contributed by atoms with Gasteiger partial charge in [-0.05, 0) is 44.9 Å². The molecule has 4 aliphatic heterocycles. The molecule has 44 heavy (non-hydrogen) atoms. The molecule has 0 saturated carbocycles. The molecule has 1 saturated heterocycles. The fraction of sp³-hybridized carbons (Fsp3) is 0.545. The average Bonchev–Trinajstić information content (AvgIpc) is 3.52. The van der Waals surface area contributed by atoms with Crippen molar-refractivity contribution >= 4 is 0 Å². The first kappa shape index (κ1) is 29.2. The Kier molecular flexibility index (Phi) is 8.27. The van der Waals surface area contributed by atoms with Crippen LogP contribution in [0.15, 0.2) is 18.7 Å². The first-order chi connectivity index (χ1) is 21.9. The molecule has 0 aliphatic carbocycles. The fourth-order valence-corrected chi connectivity index (χ4v) is 7.75. The molecule has 0 amide bonds. The van der Waals surface area contributed by atoms with Crippen LogP contribution in [0.2, 0.25) is 0 Å². The molecule has 1 unspecified atom stereocenters. The first-order valence-electron chi connectivity index (χ1n) is 15.4. The number of aryl methyl sites for hydroxylation is 1. The normalized spacial score (nSPS) is 25.3. The van der Waals surface area contributed by atoms with E-state index in [1.165, 1.54) is 0 Å². The summed E-state index contributed by atoms with van der Waals surface area (Å²) in [5.41, 5.74) is 5.74. The van der Waals surface area contributed by atoms with Crippen LogP contribution in [0, 0.1) is 25.2 Å². The Morgan fingerprint density at radius 2 is 1.93 bits per heavy atom. The first-order valence-corrected chi connectivity index (χ1v) is 15.0. The minimum Gasteiger partial charge on any atom is -0.493 e. The molecule has 236 valence electrons. The predicted molar refractivity (Wildman–Crippen MR) is 161 cm³/mol. The van der Waals surface area contributed by atoms with Gasteiger partial charge in [0.05, 0.1) is 45.1 Å². The standard InChI is InChI=1S/C33H41N3O8/c1-7-8-41-30-19(3)31-33(44-17-43-31)27-21(30)13-23-28-26-20(12-22(35(28)4)24(14-34)36(23)25(27)15-37)11-18(2)29(39-6)32(26)42-16-40-10-9-38-5/h7,11,22-25,28,37H,1,8-10,12-13,15-17H2,2-6H3/t22-,23?,24-,25-,28+/m0/s1/i37T. The second-order valence-electron chi connectivity index (χ2n) is 11.7. The van der Waals surface area contributed by atoms with Crippen molar-refractivity contribution in [3.05, 3.63) is 52.1 Å². The zero-order chi connectivity index (χ0) is 31.8. The summed E-state index contributed by atoms with van der Waals surface area (Å²) >= 11 is 0. The predicted octanol–water partition coefficient (Wildman–Crippen LogP) is 3.37. The van der Waals surface area contributed by atoms with Crippen molar-refractivity contribution in [3.63, 3.8) is 0 Å². The molecule has 2 bridgehead atoms. The van der Waals surface area contributed by atoms with E-state index in [-0.39, 0.29) is 38.3 Å². The fourth-order valence-electron chi connectivity index (χ4n) is 7.75. The molecule has 1 fully saturated rings. The number of nitrogens with zero attached hydrogens (tertiary/aromatic N) is 3. The molecule has 0 aromatic heterocycles. The number of benzene rings is 2. The zero-order valence-electron chi connectivity index (χ0n) is 27.0. The molecule has 1 N–H and O–H groups in total. The lowest BCUT2D eigenvalue weighted by Crippen LogP contribution is -2.68. The van der Waals surface area contributed by atoms with E-state index in [0.29, 0.717) is 61.4 Å². The second-order valence-corrected chi connectivity index (χ2v) is 11.7. The molecule has 4 aliphatic rings. The molecule has 11 nitrogen and oxygen atoms in total. The molecule has 0 spiro atoms. The van der Waals surface area contributed by atoms with Crippen LogP contribution < -0.4 is 23.7 Å². The van der Waals surface area contributed by atoms with E-state index >= 15 is 0 Å². The maximum Gasteiger partial charge on any atom is 0.231 e. The van der Waals surface area contributed by atoms with Gasteiger partial charge in [-0.25, -0.2) is 0 Å². The summed E-state index contributed by atoms with van der Waals surface area (Å²) in [4.78, 5) is 4.54. The number of piperazine rings is 1. The van der Waals surface area contributed by atoms with E-state index in [4.69, 9.17) is 39.7 Å². The average molecular weight is 610 g/mol. The lowest BCUT2D eigenvalue weighted by atomic mass is 9.71. The van der Waals surface area contributed by atoms with Crippen molar-refractivity contribution in [2.24, 2.45) is 0 Å². The van der Waals surface area contributed by atoms with Gasteiger partial charge in [0, 0.05) is 41.4 Å². The van der Waals surface area contributed by atoms with Crippen LogP contribution >= 0.6 is 0 Å². The van der Waals surface area contributed by atoms with E-state index in [2.05, 4.69) is 35.6 Å². The Bertz CT molecular complexity index is 1500. The molecule has 6 rings (SSSR count). The monoisotopic (exact) mass is 609 g/mol. The highest BCUT2D eigenvalue weighted by atomic mass is 16.7. The minimum atomic E-state index is -0.487. The van der Waals surface area contributed by atoms with Gasteiger partial charge in [-0.1, -0.05) is 18.7 Å². The van der Waals surface area contributed by atoms with Gasteiger partial charge in [0.2, 0.25) is 8.22 Å². The minimum absolute atomic E-state index is 0.0328. The largest absolute Gasteiger partial charge is 0.493 e. The van der Waals surface area contributed by atoms with Crippen molar-refractivity contribution in [2.75, 3.05) is 61.3 Å². The third-order valence-electron chi connectivity index (χ3n) is 9.47. The van der Waals surface area contributed by atoms with Crippen LogP contribution in [-0.4, -0.2) is 95.7 Å². The Morgan fingerprint density at radius 1 is 1.11 bits per heavy atom. The third-order valence-corrected chi connectivity index (χ3v) is 9.47. The third kappa shape index (κ3) is 4.68. The summed E-state index contributed by atoms with van der Waals surface area (Å²) in [7, 11) is 5.36. The molecule has 4 heterocycles. The van der Waals surface area contributed by atoms with E-state index < -0.39 is 12.1 Å². The van der Waals surface area contributed by atoms with Gasteiger partial charge in [0.25, 0.3) is 0 Å². The smallest absolute Gasteiger partial charge is 0.231 e. The number of nitriles is 1. The highest BCUT2D eigenvalue weighted by molar-refractivity contribution is 5.66. The van der Waals surface area contributed by atoms with Crippen LogP contribution in [0.1, 0.15) is 45.5 Å². The van der Waals surface area contributed by atoms with Crippen molar-refractivity contribution in [3.8, 4) is 34.8 Å². The highest BCUT2D eigenvalue weighted by Gasteiger charge is 2.56. The number of likely N-dealkylation sites (N-methyl/N-ethyl adjacent to an activating group) is 1. The molecular weight excluding hydrogens is 566 g/mol. The molecule has 5 atom stereocenters. The van der Waals surface area contributed by atoms with Crippen LogP contribution in [0.4, 0.5) is 0 Å². The molecule has 11 heteroatoms. The van der Waals surface area contributed by atoms with Crippen LogP contribution in [-0.2, 0) is 22.3 Å². The maximum atomic E-state index is 10.8. The van der Waals surface area contributed by atoms with Crippen molar-refractivity contribution < 1.29 is 38.3 Å². The van der Waals surface area contributed by atoms with E-state index in [1.54, 1.807) is 20.3 Å². The number of fused-ring (bicyclic) bond motifs is 9. The number of methoxy groups -OCH3 is 2. The summed E-state index contributed by atoms with van der Waals surface area (Å²) in [5.74, 6) is 3.26. The van der Waals surface area contributed by atoms with Gasteiger partial charge in [-0.15, -0.1) is 0 Å². The van der Waals surface area contributed by atoms with Crippen molar-refractivity contribution in [1.29, 1.82) is 6.69 Å². The summed E-state index contributed by atoms with van der Waals surface area (Å²) in [6.07, 6.45) is 2.90. The highest BCUT2D eigenvalue weighted by Crippen LogP contribution is 2.58. The maximum absolute atomic E-state index is 10.8. The van der Waals surface area contributed by atoms with Crippen molar-refractivity contribution in [2.45, 2.75) is 56.9 Å². The number of hydrogen-bond acceptors (Lipinski definition) is 11. The van der Waals surface area contributed by atoms with E-state index in [9.17, 15) is 5.26 Å². The van der Waals surface area contributed by atoms with Crippen molar-refractivity contribution in [1.82, 2.24) is 9.80 Å². The summed E-state index contributed by atoms with van der Waals surface area (Å²) < 4.78 is 49.4. The zero-order valence-corrected chi connectivity index (χ0v) is 26.0. The van der Waals surface area contributed by atoms with E-state index in [1.807, 2.05) is 13.8 Å². The quantitative estimate of drug-likeness (QED) is 0.217. The van der Waals surface area contributed by atoms with Crippen LogP contribution in [0.25, 0.3) is 0 Å². The SMILES string of the molecule is [3H]OC[C@H]1c2c(c(OCC=C)c(C)c3c2OCO3)CC2[C@@H]3c4c(cc(C)c(OC)c4OCOCCOC)C[C@@H]([C@H](C#N)N21)N3C. The van der Waals surface area contributed by atoms with Gasteiger partial charge in [0.15, 0.2) is 29.8 Å². The Balaban J connectivity index is 1.54. The molecule has 2 aromatic carbocycles. The topological polar surface area (TPSA) is 115 Å². The number of aliphatic hydroxyl groups excluding tert-OH is 1. The Hall–Kier alpha value is -3.53. The van der Waals surface area contributed by atoms with Crippen LogP contribution in [0.3, 0.4) is 0 Å². The molecule has 0 radical (unpaired) electrons. The summed E-state index contributed by atoms with van der Waals surface area (Å²) in [5, 5.41) is 15.9. The molecule has 2 aromatic rings. The number of ether oxygens (including phenoxy) is 7. The van der Waals surface area contributed by atoms with E-state index in [0.717, 1.165) is 33.4 Å². The Morgan fingerprint density at radius 3 is 2.66 bits per heavy atom. The lowest BCUT2D eigenvalue weighted by molar-refractivity contribution is -0.0836. The van der Waals surface area contributed by atoms with Gasteiger partial charge < -0.3 is 38.3 Å². The number of rotatable bonds is 12. The van der Waals surface area contributed by atoms with Crippen LogP contribution in [0.5, 0.6) is 28.7 Å². The number of hydrogen-bond donors (Lipinski definition) is 1. The summed E-state index contributed by atoms with van der Waals surface area (Å²) in [6, 6.07) is 3.33. The van der Waals surface area contributed by atoms with Gasteiger partial charge in [-0.2, -0.15) is 5.26 Å². The van der Waals surface area contributed by atoms with Gasteiger partial charge >= 0.3 is 0 Å². The Labute approximate surface area is 259 Å². The number of aliphatic hydroxyl groups is 1.